The van der Waals surface area contributed by atoms with Gasteiger partial charge in [-0.15, -0.1) is 0 Å². The quantitative estimate of drug-likeness (QED) is 0.867. The van der Waals surface area contributed by atoms with E-state index in [-0.39, 0.29) is 11.8 Å². The van der Waals surface area contributed by atoms with Crippen LogP contribution in [-0.2, 0) is 16.0 Å². The maximum atomic E-state index is 12.9. The maximum absolute atomic E-state index is 12.9. The zero-order chi connectivity index (χ0) is 17.3. The molecule has 0 fully saturated rings. The lowest BCUT2D eigenvalue weighted by Crippen LogP contribution is -2.53. The molecule has 1 aliphatic rings. The summed E-state index contributed by atoms with van der Waals surface area (Å²) in [6.45, 7) is 3.73. The van der Waals surface area contributed by atoms with Crippen LogP contribution in [0.25, 0.3) is 0 Å². The lowest BCUT2D eigenvalue weighted by atomic mass is 10.1. The molecule has 0 aliphatic carbocycles. The second kappa shape index (κ2) is 6.32. The average Bonchev–Trinajstić information content (AvgIpc) is 2.60. The van der Waals surface area contributed by atoms with Gasteiger partial charge in [-0.25, -0.2) is 0 Å². The van der Waals surface area contributed by atoms with Gasteiger partial charge in [0.25, 0.3) is 5.91 Å². The number of rotatable bonds is 3. The van der Waals surface area contributed by atoms with E-state index >= 15 is 0 Å². The summed E-state index contributed by atoms with van der Waals surface area (Å²) in [5, 5.41) is 2.95. The molecule has 2 aromatic rings. The molecular weight excluding hydrogens is 320 g/mol. The molecule has 0 spiro atoms. The third kappa shape index (κ3) is 2.69. The van der Waals surface area contributed by atoms with E-state index in [1.54, 1.807) is 18.9 Å². The van der Waals surface area contributed by atoms with E-state index < -0.39 is 4.75 Å². The van der Waals surface area contributed by atoms with E-state index in [9.17, 15) is 9.59 Å². The molecular formula is C19H20N2O2S. The van der Waals surface area contributed by atoms with Crippen molar-refractivity contribution < 1.29 is 9.59 Å². The van der Waals surface area contributed by atoms with Crippen molar-refractivity contribution in [1.29, 1.82) is 0 Å². The summed E-state index contributed by atoms with van der Waals surface area (Å²) in [6.07, 6.45) is 0.816. The topological polar surface area (TPSA) is 49.4 Å². The van der Waals surface area contributed by atoms with Crippen LogP contribution in [0.2, 0.25) is 0 Å². The minimum absolute atomic E-state index is 0.210. The Bertz CT molecular complexity index is 805. The van der Waals surface area contributed by atoms with Gasteiger partial charge in [0.2, 0.25) is 5.91 Å². The summed E-state index contributed by atoms with van der Waals surface area (Å²) in [4.78, 5) is 28.3. The number of benzene rings is 2. The number of aryl methyl sites for hydroxylation is 1. The second-order valence-corrected chi connectivity index (χ2v) is 7.39. The van der Waals surface area contributed by atoms with Crippen molar-refractivity contribution in [3.63, 3.8) is 0 Å². The van der Waals surface area contributed by atoms with Gasteiger partial charge in [0, 0.05) is 17.6 Å². The standard InChI is InChI=1S/C19H20N2O2S/c1-4-13-9-5-6-10-14(13)20-17(22)19(2)18(23)21(3)15-11-7-8-12-16(15)24-19/h5-12H,4H2,1-3H3,(H,20,22). The van der Waals surface area contributed by atoms with Gasteiger partial charge >= 0.3 is 0 Å². The molecule has 24 heavy (non-hydrogen) atoms. The molecule has 1 aliphatic heterocycles. The first-order chi connectivity index (χ1) is 11.5. The van der Waals surface area contributed by atoms with Gasteiger partial charge in [0.15, 0.2) is 4.75 Å². The van der Waals surface area contributed by atoms with E-state index in [1.165, 1.54) is 11.8 Å². The van der Waals surface area contributed by atoms with Crippen molar-refractivity contribution >= 4 is 35.0 Å². The molecule has 1 N–H and O–H groups in total. The van der Waals surface area contributed by atoms with E-state index in [0.717, 1.165) is 28.3 Å². The Morgan fingerprint density at radius 1 is 1.17 bits per heavy atom. The smallest absolute Gasteiger partial charge is 0.252 e. The summed E-state index contributed by atoms with van der Waals surface area (Å²) in [5.74, 6) is -0.502. The van der Waals surface area contributed by atoms with Gasteiger partial charge in [-0.1, -0.05) is 49.0 Å². The van der Waals surface area contributed by atoms with Gasteiger partial charge in [-0.2, -0.15) is 0 Å². The van der Waals surface area contributed by atoms with Crippen molar-refractivity contribution in [2.45, 2.75) is 29.9 Å². The summed E-state index contributed by atoms with van der Waals surface area (Å²) in [5.41, 5.74) is 2.66. The number of nitrogens with one attached hydrogen (secondary N) is 1. The predicted molar refractivity (Wildman–Crippen MR) is 98.6 cm³/mol. The Kier molecular flexibility index (Phi) is 4.37. The molecule has 1 atom stereocenters. The zero-order valence-electron chi connectivity index (χ0n) is 14.0. The number of carbonyl (C=O) groups is 2. The van der Waals surface area contributed by atoms with Crippen LogP contribution < -0.4 is 10.2 Å². The molecule has 0 saturated heterocycles. The number of carbonyl (C=O) groups excluding carboxylic acids is 2. The van der Waals surface area contributed by atoms with Crippen molar-refractivity contribution in [3.8, 4) is 0 Å². The van der Waals surface area contributed by atoms with Crippen LogP contribution in [-0.4, -0.2) is 23.6 Å². The molecule has 0 radical (unpaired) electrons. The van der Waals surface area contributed by atoms with E-state index in [1.807, 2.05) is 55.5 Å². The van der Waals surface area contributed by atoms with Gasteiger partial charge in [-0.05, 0) is 37.1 Å². The first-order valence-corrected chi connectivity index (χ1v) is 8.74. The highest BCUT2D eigenvalue weighted by Crippen LogP contribution is 2.45. The first-order valence-electron chi connectivity index (χ1n) is 7.93. The Hall–Kier alpha value is -2.27. The Morgan fingerprint density at radius 3 is 2.58 bits per heavy atom. The lowest BCUT2D eigenvalue weighted by molar-refractivity contribution is -0.128. The molecule has 0 aromatic heterocycles. The Morgan fingerprint density at radius 2 is 1.83 bits per heavy atom. The molecule has 0 bridgehead atoms. The predicted octanol–water partition coefficient (Wildman–Crippen LogP) is 3.71. The molecule has 1 unspecified atom stereocenters. The number of hydrogen-bond donors (Lipinski definition) is 1. The number of thioether (sulfide) groups is 1. The van der Waals surface area contributed by atoms with Crippen molar-refractivity contribution in [2.75, 3.05) is 17.3 Å². The summed E-state index contributed by atoms with van der Waals surface area (Å²) < 4.78 is -1.19. The van der Waals surface area contributed by atoms with Crippen molar-refractivity contribution in [3.05, 3.63) is 54.1 Å². The monoisotopic (exact) mass is 340 g/mol. The third-order valence-corrected chi connectivity index (χ3v) is 5.67. The van der Waals surface area contributed by atoms with Crippen molar-refractivity contribution in [1.82, 2.24) is 0 Å². The van der Waals surface area contributed by atoms with Crippen LogP contribution in [0.15, 0.2) is 53.4 Å². The lowest BCUT2D eigenvalue weighted by Gasteiger charge is -2.37. The normalized spacial score (nSPS) is 19.8. The van der Waals surface area contributed by atoms with Crippen LogP contribution in [0.4, 0.5) is 11.4 Å². The molecule has 5 heteroatoms. The molecule has 2 amide bonds. The molecule has 0 saturated carbocycles. The van der Waals surface area contributed by atoms with Crippen LogP contribution in [0.5, 0.6) is 0 Å². The number of fused-ring (bicyclic) bond motifs is 1. The molecule has 2 aromatic carbocycles. The Balaban J connectivity index is 1.93. The number of para-hydroxylation sites is 2. The van der Waals surface area contributed by atoms with E-state index in [0.29, 0.717) is 0 Å². The number of amides is 2. The van der Waals surface area contributed by atoms with Crippen LogP contribution >= 0.6 is 11.8 Å². The number of nitrogens with zero attached hydrogens (tertiary/aromatic N) is 1. The fourth-order valence-electron chi connectivity index (χ4n) is 2.85. The average molecular weight is 340 g/mol. The third-order valence-electron chi connectivity index (χ3n) is 4.33. The van der Waals surface area contributed by atoms with Crippen LogP contribution in [0, 0.1) is 0 Å². The fraction of sp³-hybridized carbons (Fsp3) is 0.263. The van der Waals surface area contributed by atoms with Crippen molar-refractivity contribution in [2.24, 2.45) is 0 Å². The zero-order valence-corrected chi connectivity index (χ0v) is 14.8. The highest BCUT2D eigenvalue weighted by atomic mass is 32.2. The number of anilines is 2. The van der Waals surface area contributed by atoms with Gasteiger partial charge in [0.05, 0.1) is 5.69 Å². The highest BCUT2D eigenvalue weighted by Gasteiger charge is 2.48. The van der Waals surface area contributed by atoms with Crippen LogP contribution in [0.3, 0.4) is 0 Å². The van der Waals surface area contributed by atoms with Crippen LogP contribution in [0.1, 0.15) is 19.4 Å². The fourth-order valence-corrected chi connectivity index (χ4v) is 4.11. The first kappa shape index (κ1) is 16.6. The molecule has 4 nitrogen and oxygen atoms in total. The Labute approximate surface area is 146 Å². The minimum atomic E-state index is -1.19. The number of hydrogen-bond acceptors (Lipinski definition) is 3. The SMILES string of the molecule is CCc1ccccc1NC(=O)C1(C)Sc2ccccc2N(C)C1=O. The largest absolute Gasteiger partial charge is 0.324 e. The van der Waals surface area contributed by atoms with E-state index in [4.69, 9.17) is 0 Å². The van der Waals surface area contributed by atoms with Gasteiger partial charge in [0.1, 0.15) is 0 Å². The molecule has 124 valence electrons. The van der Waals surface area contributed by atoms with Gasteiger partial charge in [-0.3, -0.25) is 9.59 Å². The van der Waals surface area contributed by atoms with E-state index in [2.05, 4.69) is 5.32 Å². The molecule has 1 heterocycles. The summed E-state index contributed by atoms with van der Waals surface area (Å²) in [6, 6.07) is 15.3. The van der Waals surface area contributed by atoms with Gasteiger partial charge < -0.3 is 10.2 Å². The minimum Gasteiger partial charge on any atom is -0.324 e. The molecule has 3 rings (SSSR count). The summed E-state index contributed by atoms with van der Waals surface area (Å²) in [7, 11) is 1.71. The summed E-state index contributed by atoms with van der Waals surface area (Å²) >= 11 is 1.31. The maximum Gasteiger partial charge on any atom is 0.252 e. The highest BCUT2D eigenvalue weighted by molar-refractivity contribution is 8.02. The second-order valence-electron chi connectivity index (χ2n) is 5.93.